The van der Waals surface area contributed by atoms with Crippen molar-refractivity contribution in [3.8, 4) is 11.5 Å². The van der Waals surface area contributed by atoms with Crippen molar-refractivity contribution in [2.45, 2.75) is 13.3 Å². The minimum Gasteiger partial charge on any atom is -0.494 e. The van der Waals surface area contributed by atoms with E-state index in [1.54, 1.807) is 6.08 Å². The Kier molecular flexibility index (Phi) is 5.12. The van der Waals surface area contributed by atoms with Crippen LogP contribution in [0.4, 0.5) is 0 Å². The van der Waals surface area contributed by atoms with Crippen LogP contribution in [0.25, 0.3) is 0 Å². The summed E-state index contributed by atoms with van der Waals surface area (Å²) in [5.74, 6) is 1.51. The van der Waals surface area contributed by atoms with Crippen molar-refractivity contribution in [2.24, 2.45) is 0 Å². The first kappa shape index (κ1) is 12.3. The van der Waals surface area contributed by atoms with E-state index in [-0.39, 0.29) is 6.61 Å². The molecule has 0 heterocycles. The molecule has 1 aromatic rings. The summed E-state index contributed by atoms with van der Waals surface area (Å²) >= 11 is 0. The van der Waals surface area contributed by atoms with Gasteiger partial charge in [-0.2, -0.15) is 0 Å². The maximum absolute atomic E-state index is 10.2. The van der Waals surface area contributed by atoms with E-state index >= 15 is 0 Å². The summed E-state index contributed by atoms with van der Waals surface area (Å²) in [4.78, 5) is 10.2. The second-order valence-corrected chi connectivity index (χ2v) is 3.17. The molecule has 0 saturated carbocycles. The standard InChI is InChI=1S/C13H16O3/c1-3-5-11-10-12(15-4-2)6-7-13(11)16-9-8-14/h3,6-8,10H,1,4-5,9H2,2H3. The number of benzene rings is 1. The molecule has 0 radical (unpaired) electrons. The minimum atomic E-state index is 0.0676. The number of carbonyl (C=O) groups excluding carboxylic acids is 1. The molecule has 0 unspecified atom stereocenters. The van der Waals surface area contributed by atoms with Gasteiger partial charge in [0, 0.05) is 5.56 Å². The zero-order valence-electron chi connectivity index (χ0n) is 9.44. The fraction of sp³-hybridized carbons (Fsp3) is 0.308. The third-order valence-electron chi connectivity index (χ3n) is 2.01. The van der Waals surface area contributed by atoms with Crippen molar-refractivity contribution in [1.82, 2.24) is 0 Å². The van der Waals surface area contributed by atoms with Crippen LogP contribution in [0.5, 0.6) is 11.5 Å². The van der Waals surface area contributed by atoms with Crippen molar-refractivity contribution >= 4 is 6.29 Å². The van der Waals surface area contributed by atoms with E-state index in [0.717, 1.165) is 17.6 Å². The number of aldehydes is 1. The fourth-order valence-electron chi connectivity index (χ4n) is 1.39. The van der Waals surface area contributed by atoms with Gasteiger partial charge in [-0.3, -0.25) is 4.79 Å². The number of carbonyl (C=O) groups is 1. The molecule has 0 aliphatic carbocycles. The first-order valence-corrected chi connectivity index (χ1v) is 5.24. The number of ether oxygens (including phenoxy) is 2. The van der Waals surface area contributed by atoms with Crippen LogP contribution in [0.1, 0.15) is 12.5 Å². The molecule has 0 bridgehead atoms. The molecule has 1 aromatic carbocycles. The van der Waals surface area contributed by atoms with Crippen molar-refractivity contribution < 1.29 is 14.3 Å². The molecule has 86 valence electrons. The maximum Gasteiger partial charge on any atom is 0.157 e. The van der Waals surface area contributed by atoms with Gasteiger partial charge in [-0.1, -0.05) is 6.08 Å². The number of hydrogen-bond donors (Lipinski definition) is 0. The lowest BCUT2D eigenvalue weighted by molar-refractivity contribution is -0.109. The maximum atomic E-state index is 10.2. The van der Waals surface area contributed by atoms with Gasteiger partial charge in [-0.05, 0) is 31.5 Å². The van der Waals surface area contributed by atoms with Crippen LogP contribution in [0, 0.1) is 0 Å². The Balaban J connectivity index is 2.88. The second-order valence-electron chi connectivity index (χ2n) is 3.17. The van der Waals surface area contributed by atoms with E-state index in [9.17, 15) is 4.79 Å². The van der Waals surface area contributed by atoms with Gasteiger partial charge in [0.2, 0.25) is 0 Å². The summed E-state index contributed by atoms with van der Waals surface area (Å²) < 4.78 is 10.7. The van der Waals surface area contributed by atoms with Crippen molar-refractivity contribution in [1.29, 1.82) is 0 Å². The smallest absolute Gasteiger partial charge is 0.157 e. The highest BCUT2D eigenvalue weighted by Crippen LogP contribution is 2.25. The lowest BCUT2D eigenvalue weighted by atomic mass is 10.1. The first-order chi connectivity index (χ1) is 7.81. The van der Waals surface area contributed by atoms with E-state index in [1.165, 1.54) is 0 Å². The molecule has 16 heavy (non-hydrogen) atoms. The average molecular weight is 220 g/mol. The molecule has 0 aliphatic rings. The van der Waals surface area contributed by atoms with Crippen LogP contribution in [0.3, 0.4) is 0 Å². The molecule has 3 heteroatoms. The largest absolute Gasteiger partial charge is 0.494 e. The predicted molar refractivity (Wildman–Crippen MR) is 63.1 cm³/mol. The molecule has 0 amide bonds. The molecular formula is C13H16O3. The number of rotatable bonds is 7. The topological polar surface area (TPSA) is 35.5 Å². The summed E-state index contributed by atoms with van der Waals surface area (Å²) in [6, 6.07) is 5.55. The van der Waals surface area contributed by atoms with Gasteiger partial charge in [0.05, 0.1) is 6.61 Å². The summed E-state index contributed by atoms with van der Waals surface area (Å²) in [6.45, 7) is 6.32. The summed E-state index contributed by atoms with van der Waals surface area (Å²) in [7, 11) is 0. The highest BCUT2D eigenvalue weighted by molar-refractivity contribution is 5.52. The fourth-order valence-corrected chi connectivity index (χ4v) is 1.39. The van der Waals surface area contributed by atoms with E-state index in [4.69, 9.17) is 9.47 Å². The Morgan fingerprint density at radius 3 is 2.81 bits per heavy atom. The molecule has 0 saturated heterocycles. The highest BCUT2D eigenvalue weighted by atomic mass is 16.5. The molecule has 0 fully saturated rings. The average Bonchev–Trinajstić information content (AvgIpc) is 2.29. The van der Waals surface area contributed by atoms with Gasteiger partial charge < -0.3 is 9.47 Å². The van der Waals surface area contributed by atoms with Gasteiger partial charge in [-0.15, -0.1) is 6.58 Å². The van der Waals surface area contributed by atoms with Crippen molar-refractivity contribution in [3.05, 3.63) is 36.4 Å². The predicted octanol–water partition coefficient (Wildman–Crippen LogP) is 2.39. The Labute approximate surface area is 95.7 Å². The Morgan fingerprint density at radius 2 is 2.19 bits per heavy atom. The van der Waals surface area contributed by atoms with E-state index < -0.39 is 0 Å². The molecule has 0 aliphatic heterocycles. The summed E-state index contributed by atoms with van der Waals surface area (Å²) in [5.41, 5.74) is 0.975. The third-order valence-corrected chi connectivity index (χ3v) is 2.01. The normalized spacial score (nSPS) is 9.56. The Hall–Kier alpha value is -1.77. The van der Waals surface area contributed by atoms with Crippen LogP contribution in [0.2, 0.25) is 0 Å². The summed E-state index contributed by atoms with van der Waals surface area (Å²) in [6.07, 6.45) is 3.21. The molecule has 0 atom stereocenters. The summed E-state index contributed by atoms with van der Waals surface area (Å²) in [5, 5.41) is 0. The van der Waals surface area contributed by atoms with E-state index in [0.29, 0.717) is 18.8 Å². The van der Waals surface area contributed by atoms with Crippen LogP contribution in [-0.4, -0.2) is 19.5 Å². The van der Waals surface area contributed by atoms with Gasteiger partial charge in [-0.25, -0.2) is 0 Å². The highest BCUT2D eigenvalue weighted by Gasteiger charge is 2.04. The van der Waals surface area contributed by atoms with E-state index in [1.807, 2.05) is 25.1 Å². The van der Waals surface area contributed by atoms with E-state index in [2.05, 4.69) is 6.58 Å². The number of hydrogen-bond acceptors (Lipinski definition) is 3. The second kappa shape index (κ2) is 6.67. The quantitative estimate of drug-likeness (QED) is 0.523. The van der Waals surface area contributed by atoms with Gasteiger partial charge in [0.25, 0.3) is 0 Å². The van der Waals surface area contributed by atoms with Crippen LogP contribution < -0.4 is 9.47 Å². The van der Waals surface area contributed by atoms with Crippen molar-refractivity contribution in [3.63, 3.8) is 0 Å². The number of allylic oxidation sites excluding steroid dienone is 1. The molecule has 0 N–H and O–H groups in total. The molecule has 0 aromatic heterocycles. The Morgan fingerprint density at radius 1 is 1.38 bits per heavy atom. The zero-order valence-corrected chi connectivity index (χ0v) is 9.44. The molecule has 0 spiro atoms. The van der Waals surface area contributed by atoms with Crippen LogP contribution in [-0.2, 0) is 11.2 Å². The molecular weight excluding hydrogens is 204 g/mol. The van der Waals surface area contributed by atoms with Gasteiger partial charge in [0.1, 0.15) is 18.1 Å². The lowest BCUT2D eigenvalue weighted by Gasteiger charge is -2.10. The zero-order chi connectivity index (χ0) is 11.8. The first-order valence-electron chi connectivity index (χ1n) is 5.24. The SMILES string of the molecule is C=CCc1cc(OCC)ccc1OCC=O. The van der Waals surface area contributed by atoms with Gasteiger partial charge >= 0.3 is 0 Å². The molecule has 1 rings (SSSR count). The van der Waals surface area contributed by atoms with Crippen LogP contribution >= 0.6 is 0 Å². The van der Waals surface area contributed by atoms with Gasteiger partial charge in [0.15, 0.2) is 6.29 Å². The minimum absolute atomic E-state index is 0.0676. The third kappa shape index (κ3) is 3.42. The Bertz CT molecular complexity index is 358. The lowest BCUT2D eigenvalue weighted by Crippen LogP contribution is -2.01. The van der Waals surface area contributed by atoms with Crippen molar-refractivity contribution in [2.75, 3.05) is 13.2 Å². The van der Waals surface area contributed by atoms with Crippen LogP contribution in [0.15, 0.2) is 30.9 Å². The monoisotopic (exact) mass is 220 g/mol. The molecule has 3 nitrogen and oxygen atoms in total.